The fourth-order valence-electron chi connectivity index (χ4n) is 4.95. The summed E-state index contributed by atoms with van der Waals surface area (Å²) < 4.78 is 6.75. The van der Waals surface area contributed by atoms with Crippen LogP contribution in [0, 0.1) is 5.41 Å². The number of carbonyl (C=O) groups is 3. The van der Waals surface area contributed by atoms with Crippen LogP contribution in [-0.2, 0) is 16.6 Å². The standard InChI is InChI=1S/C20H26N8O4/c1-19(5-6-19)14(16-25-22-12-32-16)24-13(29)10-27-9-7-20(18(27)31)4-3-8-28(20)17(30)15-21-11-23-26(15)2/h11-12,14H,3-10H2,1-2H3,(H,24,29)/t14-,20?/m1/s1. The van der Waals surface area contributed by atoms with Crippen LogP contribution in [-0.4, -0.2) is 77.7 Å². The van der Waals surface area contributed by atoms with E-state index in [1.54, 1.807) is 11.9 Å². The van der Waals surface area contributed by atoms with Gasteiger partial charge >= 0.3 is 0 Å². The maximum atomic E-state index is 13.4. The summed E-state index contributed by atoms with van der Waals surface area (Å²) >= 11 is 0. The maximum absolute atomic E-state index is 13.4. The van der Waals surface area contributed by atoms with Crippen LogP contribution in [0.25, 0.3) is 0 Å². The minimum absolute atomic E-state index is 0.0761. The van der Waals surface area contributed by atoms with Gasteiger partial charge in [0.1, 0.15) is 17.9 Å². The lowest BCUT2D eigenvalue weighted by atomic mass is 9.94. The summed E-state index contributed by atoms with van der Waals surface area (Å²) in [7, 11) is 1.65. The van der Waals surface area contributed by atoms with Crippen molar-refractivity contribution in [1.82, 2.24) is 40.1 Å². The zero-order valence-corrected chi connectivity index (χ0v) is 18.2. The Hall–Kier alpha value is -3.31. The molecule has 1 N–H and O–H groups in total. The van der Waals surface area contributed by atoms with Gasteiger partial charge in [0.15, 0.2) is 0 Å². The van der Waals surface area contributed by atoms with E-state index in [-0.39, 0.29) is 41.5 Å². The summed E-state index contributed by atoms with van der Waals surface area (Å²) in [4.78, 5) is 46.6. The first kappa shape index (κ1) is 20.6. The third-order valence-electron chi connectivity index (χ3n) is 7.12. The van der Waals surface area contributed by atoms with Gasteiger partial charge in [-0.2, -0.15) is 5.10 Å². The van der Waals surface area contributed by atoms with Gasteiger partial charge in [-0.25, -0.2) is 9.67 Å². The van der Waals surface area contributed by atoms with Crippen molar-refractivity contribution < 1.29 is 18.8 Å². The molecule has 0 bridgehead atoms. The number of nitrogens with one attached hydrogen (secondary N) is 1. The van der Waals surface area contributed by atoms with Gasteiger partial charge in [-0.3, -0.25) is 14.4 Å². The Bertz CT molecular complexity index is 1050. The molecule has 32 heavy (non-hydrogen) atoms. The van der Waals surface area contributed by atoms with Gasteiger partial charge in [-0.1, -0.05) is 6.92 Å². The van der Waals surface area contributed by atoms with E-state index in [0.717, 1.165) is 19.3 Å². The molecule has 1 aliphatic carbocycles. The lowest BCUT2D eigenvalue weighted by molar-refractivity contribution is -0.139. The molecule has 2 aromatic heterocycles. The third kappa shape index (κ3) is 3.24. The van der Waals surface area contributed by atoms with E-state index in [0.29, 0.717) is 31.8 Å². The predicted molar refractivity (Wildman–Crippen MR) is 108 cm³/mol. The molecule has 2 saturated heterocycles. The summed E-state index contributed by atoms with van der Waals surface area (Å²) in [6.45, 7) is 2.88. The molecule has 2 aromatic rings. The van der Waals surface area contributed by atoms with Gasteiger partial charge in [0.2, 0.25) is 29.9 Å². The van der Waals surface area contributed by atoms with Gasteiger partial charge in [0.05, 0.1) is 6.54 Å². The quantitative estimate of drug-likeness (QED) is 0.663. The van der Waals surface area contributed by atoms with Crippen molar-refractivity contribution in [3.05, 3.63) is 24.4 Å². The molecule has 3 amide bonds. The molecule has 0 aromatic carbocycles. The second kappa shape index (κ2) is 7.38. The number of likely N-dealkylation sites (tertiary alicyclic amines) is 2. The number of hydrogen-bond donors (Lipinski definition) is 1. The minimum Gasteiger partial charge on any atom is -0.426 e. The SMILES string of the molecule is Cn1ncnc1C(=O)N1CCCC12CCN(CC(=O)N[C@H](c1nnco1)C1(C)CC1)C2=O. The summed E-state index contributed by atoms with van der Waals surface area (Å²) in [5.74, 6) is -0.196. The van der Waals surface area contributed by atoms with E-state index in [4.69, 9.17) is 4.42 Å². The van der Waals surface area contributed by atoms with Gasteiger partial charge in [-0.15, -0.1) is 10.2 Å². The highest BCUT2D eigenvalue weighted by molar-refractivity contribution is 5.99. The summed E-state index contributed by atoms with van der Waals surface area (Å²) in [6, 6.07) is -0.385. The van der Waals surface area contributed by atoms with Crippen LogP contribution in [0.4, 0.5) is 0 Å². The van der Waals surface area contributed by atoms with Crippen LogP contribution < -0.4 is 5.32 Å². The summed E-state index contributed by atoms with van der Waals surface area (Å²) in [6.07, 6.45) is 6.27. The van der Waals surface area contributed by atoms with Gasteiger partial charge in [-0.05, 0) is 37.5 Å². The van der Waals surface area contributed by atoms with E-state index in [1.807, 2.05) is 0 Å². The van der Waals surface area contributed by atoms with Crippen molar-refractivity contribution in [2.24, 2.45) is 12.5 Å². The molecular formula is C20H26N8O4. The van der Waals surface area contributed by atoms with E-state index in [9.17, 15) is 14.4 Å². The Labute approximate surface area is 184 Å². The second-order valence-electron chi connectivity index (χ2n) is 9.21. The monoisotopic (exact) mass is 442 g/mol. The fraction of sp³-hybridized carbons (Fsp3) is 0.650. The van der Waals surface area contributed by atoms with Crippen molar-refractivity contribution >= 4 is 17.7 Å². The predicted octanol–water partition coefficient (Wildman–Crippen LogP) is 0.0628. The maximum Gasteiger partial charge on any atom is 0.292 e. The lowest BCUT2D eigenvalue weighted by Gasteiger charge is -2.33. The summed E-state index contributed by atoms with van der Waals surface area (Å²) in [5.41, 5.74) is -1.04. The van der Waals surface area contributed by atoms with Crippen molar-refractivity contribution in [3.63, 3.8) is 0 Å². The van der Waals surface area contributed by atoms with Crippen LogP contribution in [0.3, 0.4) is 0 Å². The molecule has 12 nitrogen and oxygen atoms in total. The Balaban J connectivity index is 1.28. The van der Waals surface area contributed by atoms with Crippen molar-refractivity contribution in [1.29, 1.82) is 0 Å². The Morgan fingerprint density at radius 3 is 2.72 bits per heavy atom. The average Bonchev–Trinajstić information content (AvgIpc) is 3.26. The van der Waals surface area contributed by atoms with E-state index in [1.165, 1.54) is 22.3 Å². The van der Waals surface area contributed by atoms with Crippen molar-refractivity contribution in [2.45, 2.75) is 50.6 Å². The molecule has 1 unspecified atom stereocenters. The first-order valence-corrected chi connectivity index (χ1v) is 10.8. The van der Waals surface area contributed by atoms with E-state index in [2.05, 4.69) is 32.5 Å². The number of aryl methyl sites for hydroxylation is 1. The van der Waals surface area contributed by atoms with Gasteiger partial charge in [0.25, 0.3) is 5.91 Å². The highest BCUT2D eigenvalue weighted by Gasteiger charge is 2.56. The molecule has 2 aliphatic heterocycles. The summed E-state index contributed by atoms with van der Waals surface area (Å²) in [5, 5.41) is 14.6. The first-order chi connectivity index (χ1) is 15.3. The van der Waals surface area contributed by atoms with Crippen LogP contribution in [0.5, 0.6) is 0 Å². The Morgan fingerprint density at radius 1 is 1.25 bits per heavy atom. The molecule has 3 aliphatic rings. The largest absolute Gasteiger partial charge is 0.426 e. The molecule has 12 heteroatoms. The third-order valence-corrected chi connectivity index (χ3v) is 7.12. The highest BCUT2D eigenvalue weighted by Crippen LogP contribution is 2.54. The average molecular weight is 442 g/mol. The Kier molecular flexibility index (Phi) is 4.75. The molecule has 1 spiro atoms. The second-order valence-corrected chi connectivity index (χ2v) is 9.21. The fourth-order valence-corrected chi connectivity index (χ4v) is 4.95. The number of amides is 3. The van der Waals surface area contributed by atoms with E-state index < -0.39 is 5.54 Å². The zero-order chi connectivity index (χ0) is 22.5. The smallest absolute Gasteiger partial charge is 0.292 e. The van der Waals surface area contributed by atoms with Crippen molar-refractivity contribution in [3.8, 4) is 0 Å². The number of carbonyl (C=O) groups excluding carboxylic acids is 3. The molecule has 4 heterocycles. The number of aromatic nitrogens is 5. The lowest BCUT2D eigenvalue weighted by Crippen LogP contribution is -2.54. The minimum atomic E-state index is -0.919. The number of nitrogens with zero attached hydrogens (tertiary/aromatic N) is 7. The first-order valence-electron chi connectivity index (χ1n) is 10.8. The molecule has 2 atom stereocenters. The van der Waals surface area contributed by atoms with Gasteiger partial charge in [0, 0.05) is 20.1 Å². The van der Waals surface area contributed by atoms with Crippen LogP contribution in [0.15, 0.2) is 17.1 Å². The van der Waals surface area contributed by atoms with Crippen LogP contribution >= 0.6 is 0 Å². The molecule has 1 saturated carbocycles. The number of hydrogen-bond acceptors (Lipinski definition) is 8. The molecule has 5 rings (SSSR count). The molecule has 170 valence electrons. The molecule has 0 radical (unpaired) electrons. The molecular weight excluding hydrogens is 416 g/mol. The normalized spacial score (nSPS) is 24.9. The topological polar surface area (TPSA) is 139 Å². The van der Waals surface area contributed by atoms with Crippen molar-refractivity contribution in [2.75, 3.05) is 19.6 Å². The highest BCUT2D eigenvalue weighted by atomic mass is 16.4. The Morgan fingerprint density at radius 2 is 2.06 bits per heavy atom. The van der Waals surface area contributed by atoms with E-state index >= 15 is 0 Å². The zero-order valence-electron chi connectivity index (χ0n) is 18.2. The molecule has 3 fully saturated rings. The number of rotatable bonds is 6. The van der Waals surface area contributed by atoms with Gasteiger partial charge < -0.3 is 19.5 Å². The van der Waals surface area contributed by atoms with Crippen LogP contribution in [0.1, 0.15) is 61.6 Å². The van der Waals surface area contributed by atoms with Crippen LogP contribution in [0.2, 0.25) is 0 Å².